The minimum Gasteiger partial charge on any atom is -0.387 e. The summed E-state index contributed by atoms with van der Waals surface area (Å²) in [5.74, 6) is -0.805. The number of nitrogens with zero attached hydrogens (tertiary/aromatic N) is 1. The van der Waals surface area contributed by atoms with Crippen molar-refractivity contribution in [3.8, 4) is 0 Å². The van der Waals surface area contributed by atoms with Crippen LogP contribution < -0.4 is 11.2 Å². The van der Waals surface area contributed by atoms with Crippen LogP contribution in [0.1, 0.15) is 10.4 Å². The van der Waals surface area contributed by atoms with E-state index < -0.39 is 23.8 Å². The van der Waals surface area contributed by atoms with Crippen LogP contribution in [-0.2, 0) is 0 Å². The van der Waals surface area contributed by atoms with Crippen molar-refractivity contribution in [2.75, 3.05) is 6.61 Å². The van der Waals surface area contributed by atoms with Crippen LogP contribution in [0.5, 0.6) is 0 Å². The van der Waals surface area contributed by atoms with Gasteiger partial charge in [0.25, 0.3) is 11.5 Å². The standard InChI is InChI=1S/C8H7BrN2O4/c9-2-1-5-3-11(6(13)4-12)8(15)10-7(5)14/h1-3,12H,4H2,(H,10,14,15). The first-order chi connectivity index (χ1) is 7.10. The fraction of sp³-hybridized carbons (Fsp3) is 0.125. The fourth-order valence-corrected chi connectivity index (χ4v) is 1.22. The van der Waals surface area contributed by atoms with E-state index in [1.807, 2.05) is 4.98 Å². The van der Waals surface area contributed by atoms with Gasteiger partial charge in [0.2, 0.25) is 0 Å². The number of hydrogen-bond acceptors (Lipinski definition) is 4. The second-order valence-corrected chi connectivity index (χ2v) is 3.09. The molecule has 0 bridgehead atoms. The molecule has 0 aliphatic heterocycles. The first kappa shape index (κ1) is 11.6. The maximum Gasteiger partial charge on any atom is 0.335 e. The number of aromatic nitrogens is 2. The van der Waals surface area contributed by atoms with Crippen molar-refractivity contribution in [3.05, 3.63) is 37.6 Å². The lowest BCUT2D eigenvalue weighted by Gasteiger charge is -2.01. The van der Waals surface area contributed by atoms with Crippen molar-refractivity contribution < 1.29 is 9.90 Å². The lowest BCUT2D eigenvalue weighted by molar-refractivity contribution is 0.0812. The van der Waals surface area contributed by atoms with Crippen molar-refractivity contribution in [1.82, 2.24) is 9.55 Å². The molecule has 1 heterocycles. The third kappa shape index (κ3) is 2.51. The molecule has 0 fully saturated rings. The van der Waals surface area contributed by atoms with E-state index in [1.165, 1.54) is 11.1 Å². The van der Waals surface area contributed by atoms with Gasteiger partial charge in [0.05, 0.1) is 5.56 Å². The van der Waals surface area contributed by atoms with Crippen LogP contribution in [-0.4, -0.2) is 27.2 Å². The Hall–Kier alpha value is -1.47. The number of halogens is 1. The van der Waals surface area contributed by atoms with E-state index in [4.69, 9.17) is 5.11 Å². The second-order valence-electron chi connectivity index (χ2n) is 2.56. The monoisotopic (exact) mass is 274 g/mol. The molecule has 80 valence electrons. The van der Waals surface area contributed by atoms with E-state index in [-0.39, 0.29) is 5.56 Å². The number of carbonyl (C=O) groups is 1. The number of hydrogen-bond donors (Lipinski definition) is 2. The molecule has 2 N–H and O–H groups in total. The van der Waals surface area contributed by atoms with Crippen LogP contribution >= 0.6 is 15.9 Å². The Labute approximate surface area is 92.0 Å². The number of aliphatic hydroxyl groups excluding tert-OH is 1. The lowest BCUT2D eigenvalue weighted by Crippen LogP contribution is -2.35. The molecule has 0 saturated heterocycles. The maximum atomic E-state index is 11.2. The number of H-pyrrole nitrogens is 1. The number of aliphatic hydroxyl groups is 1. The summed E-state index contributed by atoms with van der Waals surface area (Å²) in [6.07, 6.45) is 2.44. The van der Waals surface area contributed by atoms with E-state index >= 15 is 0 Å². The summed E-state index contributed by atoms with van der Waals surface area (Å²) in [4.78, 5) is 36.7. The van der Waals surface area contributed by atoms with Gasteiger partial charge >= 0.3 is 5.69 Å². The third-order valence-corrected chi connectivity index (χ3v) is 1.88. The highest BCUT2D eigenvalue weighted by atomic mass is 79.9. The minimum atomic E-state index is -0.870. The molecular formula is C8H7BrN2O4. The molecule has 0 aliphatic rings. The third-order valence-electron chi connectivity index (χ3n) is 1.62. The molecule has 1 aromatic rings. The Bertz CT molecular complexity index is 514. The van der Waals surface area contributed by atoms with Gasteiger partial charge < -0.3 is 5.11 Å². The van der Waals surface area contributed by atoms with Gasteiger partial charge in [0.1, 0.15) is 6.61 Å². The molecule has 0 unspecified atom stereocenters. The highest BCUT2D eigenvalue weighted by molar-refractivity contribution is 9.11. The fourth-order valence-electron chi connectivity index (χ4n) is 0.934. The average Bonchev–Trinajstić information content (AvgIpc) is 2.21. The number of aromatic amines is 1. The quantitative estimate of drug-likeness (QED) is 0.763. The molecule has 0 radical (unpaired) electrons. The summed E-state index contributed by atoms with van der Waals surface area (Å²) >= 11 is 2.96. The van der Waals surface area contributed by atoms with E-state index in [9.17, 15) is 14.4 Å². The normalized spacial score (nSPS) is 10.8. The zero-order valence-corrected chi connectivity index (χ0v) is 9.02. The second kappa shape index (κ2) is 4.85. The van der Waals surface area contributed by atoms with Gasteiger partial charge in [-0.2, -0.15) is 0 Å². The molecule has 0 aliphatic carbocycles. The summed E-state index contributed by atoms with van der Waals surface area (Å²) in [6, 6.07) is 0. The van der Waals surface area contributed by atoms with Crippen LogP contribution in [0.4, 0.5) is 0 Å². The molecule has 0 amide bonds. The Morgan fingerprint density at radius 3 is 2.80 bits per heavy atom. The molecule has 6 nitrogen and oxygen atoms in total. The zero-order chi connectivity index (χ0) is 11.4. The van der Waals surface area contributed by atoms with Crippen molar-refractivity contribution in [2.45, 2.75) is 0 Å². The van der Waals surface area contributed by atoms with Crippen LogP contribution in [0.25, 0.3) is 6.08 Å². The number of rotatable bonds is 2. The Balaban J connectivity index is 3.43. The van der Waals surface area contributed by atoms with Gasteiger partial charge in [-0.1, -0.05) is 15.9 Å². The topological polar surface area (TPSA) is 92.2 Å². The molecule has 0 saturated carbocycles. The number of carbonyl (C=O) groups excluding carboxylic acids is 1. The predicted molar refractivity (Wildman–Crippen MR) is 57.0 cm³/mol. The van der Waals surface area contributed by atoms with Crippen molar-refractivity contribution in [2.24, 2.45) is 0 Å². The predicted octanol–water partition coefficient (Wildman–Crippen LogP) is -0.465. The molecule has 0 spiro atoms. The molecule has 15 heavy (non-hydrogen) atoms. The van der Waals surface area contributed by atoms with Gasteiger partial charge in [-0.25, -0.2) is 9.36 Å². The van der Waals surface area contributed by atoms with Gasteiger partial charge in [-0.3, -0.25) is 14.6 Å². The van der Waals surface area contributed by atoms with Crippen LogP contribution in [0.2, 0.25) is 0 Å². The summed E-state index contributed by atoms with van der Waals surface area (Å²) in [5, 5.41) is 8.57. The zero-order valence-electron chi connectivity index (χ0n) is 7.44. The Kier molecular flexibility index (Phi) is 3.75. The molecule has 1 aromatic heterocycles. The van der Waals surface area contributed by atoms with Crippen LogP contribution in [0.3, 0.4) is 0 Å². The Morgan fingerprint density at radius 2 is 2.27 bits per heavy atom. The van der Waals surface area contributed by atoms with Crippen molar-refractivity contribution in [1.29, 1.82) is 0 Å². The van der Waals surface area contributed by atoms with Crippen molar-refractivity contribution in [3.63, 3.8) is 0 Å². The molecule has 0 atom stereocenters. The highest BCUT2D eigenvalue weighted by Gasteiger charge is 2.08. The smallest absolute Gasteiger partial charge is 0.335 e. The SMILES string of the molecule is O=C(CO)n1cc(C=CBr)c(=O)[nH]c1=O. The minimum absolute atomic E-state index is 0.133. The number of nitrogens with one attached hydrogen (secondary N) is 1. The largest absolute Gasteiger partial charge is 0.387 e. The lowest BCUT2D eigenvalue weighted by atomic mass is 10.3. The maximum absolute atomic E-state index is 11.2. The first-order valence-electron chi connectivity index (χ1n) is 3.87. The van der Waals surface area contributed by atoms with Gasteiger partial charge in [-0.15, -0.1) is 0 Å². The molecule has 0 aromatic carbocycles. The summed E-state index contributed by atoms with van der Waals surface area (Å²) < 4.78 is 0.643. The van der Waals surface area contributed by atoms with Crippen LogP contribution in [0.15, 0.2) is 20.8 Å². The Morgan fingerprint density at radius 1 is 1.60 bits per heavy atom. The summed E-state index contributed by atoms with van der Waals surface area (Å²) in [6.45, 7) is -0.802. The van der Waals surface area contributed by atoms with E-state index in [0.29, 0.717) is 4.57 Å². The molecule has 7 heteroatoms. The molecular weight excluding hydrogens is 268 g/mol. The molecule has 1 rings (SSSR count). The van der Waals surface area contributed by atoms with E-state index in [0.717, 1.165) is 6.20 Å². The summed E-state index contributed by atoms with van der Waals surface area (Å²) in [5.41, 5.74) is -1.34. The summed E-state index contributed by atoms with van der Waals surface area (Å²) in [7, 11) is 0. The van der Waals surface area contributed by atoms with E-state index in [1.54, 1.807) is 0 Å². The van der Waals surface area contributed by atoms with Gasteiger partial charge in [0.15, 0.2) is 0 Å². The first-order valence-corrected chi connectivity index (χ1v) is 4.78. The van der Waals surface area contributed by atoms with Crippen molar-refractivity contribution >= 4 is 27.9 Å². The van der Waals surface area contributed by atoms with Crippen LogP contribution in [0, 0.1) is 0 Å². The van der Waals surface area contributed by atoms with Gasteiger partial charge in [0, 0.05) is 6.20 Å². The van der Waals surface area contributed by atoms with E-state index in [2.05, 4.69) is 15.9 Å². The van der Waals surface area contributed by atoms with Gasteiger partial charge in [-0.05, 0) is 11.1 Å². The average molecular weight is 275 g/mol. The highest BCUT2D eigenvalue weighted by Crippen LogP contribution is 1.95.